The van der Waals surface area contributed by atoms with E-state index in [9.17, 15) is 9.59 Å². The number of ether oxygens (including phenoxy) is 1. The van der Waals surface area contributed by atoms with Crippen LogP contribution >= 0.6 is 11.6 Å². The van der Waals surface area contributed by atoms with Crippen LogP contribution in [0.2, 0.25) is 5.02 Å². The lowest BCUT2D eigenvalue weighted by Gasteiger charge is -2.36. The number of hydrogen-bond acceptors (Lipinski definition) is 4. The number of rotatable bonds is 5. The number of carbonyl (C=O) groups is 2. The van der Waals surface area contributed by atoms with Crippen LogP contribution in [0.4, 0.5) is 5.69 Å². The molecule has 1 heterocycles. The highest BCUT2D eigenvalue weighted by molar-refractivity contribution is 6.32. The molecule has 1 fully saturated rings. The Hall–Kier alpha value is -2.73. The van der Waals surface area contributed by atoms with Crippen molar-refractivity contribution in [2.75, 3.05) is 37.7 Å². The SMILES string of the molecule is O=C(O)c1cccc(N2CCN(C(=O)COc3ccccc3Cl)CC2)c1. The van der Waals surface area contributed by atoms with Crippen LogP contribution < -0.4 is 9.64 Å². The van der Waals surface area contributed by atoms with Crippen LogP contribution in [-0.4, -0.2) is 54.7 Å². The highest BCUT2D eigenvalue weighted by Gasteiger charge is 2.22. The van der Waals surface area contributed by atoms with Gasteiger partial charge >= 0.3 is 5.97 Å². The van der Waals surface area contributed by atoms with Crippen LogP contribution in [-0.2, 0) is 4.79 Å². The molecule has 0 atom stereocenters. The summed E-state index contributed by atoms with van der Waals surface area (Å²) in [4.78, 5) is 27.2. The standard InChI is InChI=1S/C19H19ClN2O4/c20-16-6-1-2-7-17(16)26-13-18(23)22-10-8-21(9-11-22)15-5-3-4-14(12-15)19(24)25/h1-7,12H,8-11,13H2,(H,24,25). The second-order valence-electron chi connectivity index (χ2n) is 5.94. The Kier molecular flexibility index (Phi) is 5.63. The van der Waals surface area contributed by atoms with Crippen LogP contribution in [0, 0.1) is 0 Å². The summed E-state index contributed by atoms with van der Waals surface area (Å²) < 4.78 is 5.50. The number of carboxylic acid groups (broad SMARTS) is 1. The van der Waals surface area contributed by atoms with E-state index in [4.69, 9.17) is 21.4 Å². The Morgan fingerprint density at radius 3 is 2.46 bits per heavy atom. The Labute approximate surface area is 156 Å². The predicted molar refractivity (Wildman–Crippen MR) is 99.1 cm³/mol. The number of hydrogen-bond donors (Lipinski definition) is 1. The summed E-state index contributed by atoms with van der Waals surface area (Å²) in [6.07, 6.45) is 0. The molecule has 0 bridgehead atoms. The van der Waals surface area contributed by atoms with Crippen LogP contribution in [0.3, 0.4) is 0 Å². The van der Waals surface area contributed by atoms with Gasteiger partial charge in [0.2, 0.25) is 0 Å². The first-order valence-electron chi connectivity index (χ1n) is 8.28. The fourth-order valence-corrected chi connectivity index (χ4v) is 3.03. The molecule has 0 aliphatic carbocycles. The van der Waals surface area contributed by atoms with E-state index in [1.165, 1.54) is 0 Å². The molecule has 1 amide bonds. The van der Waals surface area contributed by atoms with Crippen molar-refractivity contribution in [2.24, 2.45) is 0 Å². The van der Waals surface area contributed by atoms with Crippen molar-refractivity contribution < 1.29 is 19.4 Å². The number of benzene rings is 2. The molecule has 1 saturated heterocycles. The molecular formula is C19H19ClN2O4. The van der Waals surface area contributed by atoms with E-state index in [0.29, 0.717) is 37.0 Å². The molecule has 0 spiro atoms. The first-order chi connectivity index (χ1) is 12.5. The number of anilines is 1. The summed E-state index contributed by atoms with van der Waals surface area (Å²) in [6, 6.07) is 13.9. The first kappa shape index (κ1) is 18.1. The zero-order valence-electron chi connectivity index (χ0n) is 14.1. The number of halogens is 1. The maximum absolute atomic E-state index is 12.3. The van der Waals surface area contributed by atoms with Crippen LogP contribution in [0.1, 0.15) is 10.4 Å². The fraction of sp³-hybridized carbons (Fsp3) is 0.263. The van der Waals surface area contributed by atoms with Gasteiger partial charge in [-0.15, -0.1) is 0 Å². The third-order valence-electron chi connectivity index (χ3n) is 4.28. The fourth-order valence-electron chi connectivity index (χ4n) is 2.84. The van der Waals surface area contributed by atoms with Gasteiger partial charge in [-0.2, -0.15) is 0 Å². The van der Waals surface area contributed by atoms with Gasteiger partial charge in [-0.1, -0.05) is 29.8 Å². The van der Waals surface area contributed by atoms with Crippen molar-refractivity contribution >= 4 is 29.2 Å². The number of aromatic carboxylic acids is 1. The molecule has 0 aromatic heterocycles. The maximum atomic E-state index is 12.3. The Morgan fingerprint density at radius 1 is 1.04 bits per heavy atom. The quantitative estimate of drug-likeness (QED) is 0.871. The van der Waals surface area contributed by atoms with Crippen LogP contribution in [0.25, 0.3) is 0 Å². The summed E-state index contributed by atoms with van der Waals surface area (Å²) in [5.74, 6) is -0.548. The van der Waals surface area contributed by atoms with Gasteiger partial charge in [-0.05, 0) is 30.3 Å². The summed E-state index contributed by atoms with van der Waals surface area (Å²) in [6.45, 7) is 2.34. The molecule has 0 saturated carbocycles. The molecule has 2 aromatic rings. The number of carboxylic acids is 1. The first-order valence-corrected chi connectivity index (χ1v) is 8.66. The Balaban J connectivity index is 1.53. The molecule has 0 radical (unpaired) electrons. The lowest BCUT2D eigenvalue weighted by atomic mass is 10.1. The van der Waals surface area contributed by atoms with Gasteiger partial charge in [0.25, 0.3) is 5.91 Å². The van der Waals surface area contributed by atoms with Crippen molar-refractivity contribution in [3.05, 3.63) is 59.1 Å². The summed E-state index contributed by atoms with van der Waals surface area (Å²) in [5.41, 5.74) is 1.11. The Bertz CT molecular complexity index is 804. The third-order valence-corrected chi connectivity index (χ3v) is 4.59. The van der Waals surface area contributed by atoms with E-state index >= 15 is 0 Å². The minimum Gasteiger partial charge on any atom is -0.482 e. The van der Waals surface area contributed by atoms with Crippen LogP contribution in [0.5, 0.6) is 5.75 Å². The minimum atomic E-state index is -0.947. The maximum Gasteiger partial charge on any atom is 0.335 e. The molecule has 6 nitrogen and oxygen atoms in total. The van der Waals surface area contributed by atoms with Gasteiger partial charge in [0.15, 0.2) is 6.61 Å². The van der Waals surface area contributed by atoms with Gasteiger partial charge in [-0.3, -0.25) is 4.79 Å². The summed E-state index contributed by atoms with van der Waals surface area (Å²) in [7, 11) is 0. The number of para-hydroxylation sites is 1. The second kappa shape index (κ2) is 8.10. The lowest BCUT2D eigenvalue weighted by Crippen LogP contribution is -2.50. The van der Waals surface area contributed by atoms with E-state index < -0.39 is 5.97 Å². The van der Waals surface area contributed by atoms with E-state index in [-0.39, 0.29) is 18.1 Å². The van der Waals surface area contributed by atoms with Gasteiger partial charge in [0.05, 0.1) is 10.6 Å². The molecule has 26 heavy (non-hydrogen) atoms. The van der Waals surface area contributed by atoms with E-state index in [1.807, 2.05) is 6.07 Å². The Morgan fingerprint density at radius 2 is 1.77 bits per heavy atom. The van der Waals surface area contributed by atoms with E-state index in [0.717, 1.165) is 5.69 Å². The van der Waals surface area contributed by atoms with Gasteiger partial charge < -0.3 is 19.6 Å². The van der Waals surface area contributed by atoms with Crippen molar-refractivity contribution in [1.82, 2.24) is 4.90 Å². The average molecular weight is 375 g/mol. The molecule has 2 aromatic carbocycles. The highest BCUT2D eigenvalue weighted by atomic mass is 35.5. The summed E-state index contributed by atoms with van der Waals surface area (Å²) >= 11 is 6.02. The minimum absolute atomic E-state index is 0.0573. The highest BCUT2D eigenvalue weighted by Crippen LogP contribution is 2.23. The predicted octanol–water partition coefficient (Wildman–Crippen LogP) is 2.77. The molecule has 136 valence electrons. The molecule has 7 heteroatoms. The largest absolute Gasteiger partial charge is 0.482 e. The number of carbonyl (C=O) groups excluding carboxylic acids is 1. The zero-order valence-corrected chi connectivity index (χ0v) is 14.9. The summed E-state index contributed by atoms with van der Waals surface area (Å²) in [5, 5.41) is 9.58. The zero-order chi connectivity index (χ0) is 18.5. The molecular weight excluding hydrogens is 356 g/mol. The van der Waals surface area contributed by atoms with E-state index in [1.54, 1.807) is 47.4 Å². The smallest absolute Gasteiger partial charge is 0.335 e. The van der Waals surface area contributed by atoms with Gasteiger partial charge in [0.1, 0.15) is 5.75 Å². The molecule has 3 rings (SSSR count). The normalized spacial score (nSPS) is 14.2. The molecule has 1 aliphatic heterocycles. The van der Waals surface area contributed by atoms with Crippen LogP contribution in [0.15, 0.2) is 48.5 Å². The van der Waals surface area contributed by atoms with Crippen molar-refractivity contribution in [3.63, 3.8) is 0 Å². The molecule has 1 aliphatic rings. The number of piperazine rings is 1. The molecule has 1 N–H and O–H groups in total. The van der Waals surface area contributed by atoms with Crippen molar-refractivity contribution in [3.8, 4) is 5.75 Å². The second-order valence-corrected chi connectivity index (χ2v) is 6.35. The average Bonchev–Trinajstić information content (AvgIpc) is 2.67. The topological polar surface area (TPSA) is 70.1 Å². The van der Waals surface area contributed by atoms with Gasteiger partial charge in [0, 0.05) is 31.9 Å². The molecule has 0 unspecified atom stereocenters. The van der Waals surface area contributed by atoms with E-state index in [2.05, 4.69) is 4.90 Å². The number of nitrogens with zero attached hydrogens (tertiary/aromatic N) is 2. The monoisotopic (exact) mass is 374 g/mol. The van der Waals surface area contributed by atoms with Crippen molar-refractivity contribution in [1.29, 1.82) is 0 Å². The lowest BCUT2D eigenvalue weighted by molar-refractivity contribution is -0.133. The van der Waals surface area contributed by atoms with Crippen molar-refractivity contribution in [2.45, 2.75) is 0 Å². The third kappa shape index (κ3) is 4.26. The number of amides is 1. The van der Waals surface area contributed by atoms with Gasteiger partial charge in [-0.25, -0.2) is 4.79 Å².